The van der Waals surface area contributed by atoms with Crippen molar-refractivity contribution >= 4 is 11.8 Å². The van der Waals surface area contributed by atoms with E-state index in [1.54, 1.807) is 17.0 Å². The van der Waals surface area contributed by atoms with Crippen molar-refractivity contribution in [1.82, 2.24) is 14.4 Å². The fraction of sp³-hybridized carbons (Fsp3) is 0.435. The van der Waals surface area contributed by atoms with Gasteiger partial charge in [-0.25, -0.2) is 4.39 Å². The normalized spacial score (nSPS) is 18.6. The molecule has 4 rings (SSSR count). The van der Waals surface area contributed by atoms with Crippen molar-refractivity contribution in [2.75, 3.05) is 19.6 Å². The standard InChI is InChI=1S/C23H26FN3O5/c1-14(28)25-8-2-3-16(13-25)11-18-20(29)21(30)19-23(32)26(9-10-27(19)22(18)31)12-15-4-6-17(24)7-5-15/h4-7,16,29-30H,2-3,8-13H2,1H3. The van der Waals surface area contributed by atoms with Crippen LogP contribution in [0.25, 0.3) is 0 Å². The third-order valence-electron chi connectivity index (χ3n) is 6.33. The highest BCUT2D eigenvalue weighted by Crippen LogP contribution is 2.35. The Hall–Kier alpha value is -3.36. The number of hydrogen-bond donors (Lipinski definition) is 2. The molecule has 2 aliphatic heterocycles. The van der Waals surface area contributed by atoms with Gasteiger partial charge in [-0.3, -0.25) is 19.0 Å². The quantitative estimate of drug-likeness (QED) is 0.751. The molecule has 1 aromatic heterocycles. The summed E-state index contributed by atoms with van der Waals surface area (Å²) < 4.78 is 14.4. The number of likely N-dealkylation sites (tertiary alicyclic amines) is 1. The first kappa shape index (κ1) is 21.9. The van der Waals surface area contributed by atoms with E-state index in [1.807, 2.05) is 0 Å². The Labute approximate surface area is 184 Å². The van der Waals surface area contributed by atoms with Crippen LogP contribution in [-0.2, 0) is 24.3 Å². The molecule has 0 spiro atoms. The average molecular weight is 443 g/mol. The van der Waals surface area contributed by atoms with Crippen molar-refractivity contribution in [1.29, 1.82) is 0 Å². The van der Waals surface area contributed by atoms with E-state index in [0.717, 1.165) is 12.8 Å². The molecule has 1 unspecified atom stereocenters. The van der Waals surface area contributed by atoms with E-state index in [0.29, 0.717) is 18.7 Å². The number of piperidine rings is 1. The summed E-state index contributed by atoms with van der Waals surface area (Å²) in [6, 6.07) is 5.74. The maximum atomic E-state index is 13.1. The van der Waals surface area contributed by atoms with Crippen molar-refractivity contribution in [3.05, 3.63) is 57.3 Å². The van der Waals surface area contributed by atoms with Crippen LogP contribution in [0.4, 0.5) is 4.39 Å². The van der Waals surface area contributed by atoms with Gasteiger partial charge in [-0.05, 0) is 42.9 Å². The number of aromatic nitrogens is 1. The molecule has 32 heavy (non-hydrogen) atoms. The third-order valence-corrected chi connectivity index (χ3v) is 6.33. The monoisotopic (exact) mass is 443 g/mol. The molecular formula is C23H26FN3O5. The van der Waals surface area contributed by atoms with Gasteiger partial charge in [0.05, 0.1) is 5.56 Å². The van der Waals surface area contributed by atoms with Crippen LogP contribution < -0.4 is 5.56 Å². The molecular weight excluding hydrogens is 417 g/mol. The first-order valence-electron chi connectivity index (χ1n) is 10.7. The number of amides is 2. The van der Waals surface area contributed by atoms with Crippen molar-refractivity contribution in [3.8, 4) is 11.5 Å². The molecule has 9 heteroatoms. The van der Waals surface area contributed by atoms with Gasteiger partial charge in [0.15, 0.2) is 17.2 Å². The molecule has 8 nitrogen and oxygen atoms in total. The number of pyridine rings is 1. The largest absolute Gasteiger partial charge is 0.504 e. The van der Waals surface area contributed by atoms with Crippen LogP contribution in [0.5, 0.6) is 11.5 Å². The number of fused-ring (bicyclic) bond motifs is 1. The van der Waals surface area contributed by atoms with Gasteiger partial charge in [0.2, 0.25) is 5.91 Å². The second-order valence-electron chi connectivity index (χ2n) is 8.51. The van der Waals surface area contributed by atoms with Gasteiger partial charge in [-0.1, -0.05) is 12.1 Å². The van der Waals surface area contributed by atoms with Crippen molar-refractivity contribution < 1.29 is 24.2 Å². The lowest BCUT2D eigenvalue weighted by Crippen LogP contribution is -2.45. The number of hydrogen-bond acceptors (Lipinski definition) is 5. The van der Waals surface area contributed by atoms with Crippen LogP contribution in [-0.4, -0.2) is 56.0 Å². The van der Waals surface area contributed by atoms with E-state index in [2.05, 4.69) is 0 Å². The highest BCUT2D eigenvalue weighted by Gasteiger charge is 2.33. The van der Waals surface area contributed by atoms with Gasteiger partial charge < -0.3 is 20.0 Å². The van der Waals surface area contributed by atoms with Gasteiger partial charge in [0, 0.05) is 39.6 Å². The Morgan fingerprint density at radius 3 is 2.50 bits per heavy atom. The summed E-state index contributed by atoms with van der Waals surface area (Å²) in [5, 5.41) is 21.2. The Morgan fingerprint density at radius 1 is 1.09 bits per heavy atom. The van der Waals surface area contributed by atoms with Gasteiger partial charge in [-0.2, -0.15) is 0 Å². The predicted octanol–water partition coefficient (Wildman–Crippen LogP) is 1.86. The fourth-order valence-corrected chi connectivity index (χ4v) is 4.60. The van der Waals surface area contributed by atoms with E-state index < -0.39 is 23.0 Å². The first-order chi connectivity index (χ1) is 15.3. The van der Waals surface area contributed by atoms with Crippen LogP contribution in [0.1, 0.15) is 41.4 Å². The third kappa shape index (κ3) is 4.06. The highest BCUT2D eigenvalue weighted by atomic mass is 19.1. The summed E-state index contributed by atoms with van der Waals surface area (Å²) in [5.41, 5.74) is 0.0493. The highest BCUT2D eigenvalue weighted by molar-refractivity contribution is 5.96. The van der Waals surface area contributed by atoms with Crippen LogP contribution >= 0.6 is 0 Å². The molecule has 1 fully saturated rings. The molecule has 2 aromatic rings. The van der Waals surface area contributed by atoms with Crippen LogP contribution in [0.15, 0.2) is 29.1 Å². The van der Waals surface area contributed by atoms with Gasteiger partial charge in [0.1, 0.15) is 5.82 Å². The molecule has 2 amide bonds. The summed E-state index contributed by atoms with van der Waals surface area (Å²) >= 11 is 0. The fourth-order valence-electron chi connectivity index (χ4n) is 4.60. The molecule has 1 aromatic carbocycles. The number of rotatable bonds is 4. The molecule has 0 saturated carbocycles. The average Bonchev–Trinajstić information content (AvgIpc) is 2.78. The lowest BCUT2D eigenvalue weighted by atomic mass is 9.91. The molecule has 170 valence electrons. The number of carbonyl (C=O) groups is 2. The molecule has 1 atom stereocenters. The van der Waals surface area contributed by atoms with E-state index in [9.17, 15) is 29.0 Å². The lowest BCUT2D eigenvalue weighted by Gasteiger charge is -2.33. The lowest BCUT2D eigenvalue weighted by molar-refractivity contribution is -0.130. The Morgan fingerprint density at radius 2 is 1.81 bits per heavy atom. The first-order valence-corrected chi connectivity index (χ1v) is 10.7. The molecule has 0 aliphatic carbocycles. The van der Waals surface area contributed by atoms with E-state index >= 15 is 0 Å². The van der Waals surface area contributed by atoms with Gasteiger partial charge >= 0.3 is 0 Å². The van der Waals surface area contributed by atoms with Gasteiger partial charge in [0.25, 0.3) is 11.5 Å². The number of aromatic hydroxyl groups is 2. The number of carbonyl (C=O) groups excluding carboxylic acids is 2. The zero-order valence-electron chi connectivity index (χ0n) is 17.9. The minimum Gasteiger partial charge on any atom is -0.504 e. The van der Waals surface area contributed by atoms with E-state index in [-0.39, 0.29) is 55.0 Å². The molecule has 0 bridgehead atoms. The minimum atomic E-state index is -0.604. The Bertz CT molecular complexity index is 1110. The minimum absolute atomic E-state index is 0.0152. The number of halogens is 1. The smallest absolute Gasteiger partial charge is 0.274 e. The summed E-state index contributed by atoms with van der Waals surface area (Å²) in [6.07, 6.45) is 1.82. The zero-order chi connectivity index (χ0) is 23.0. The topological polar surface area (TPSA) is 103 Å². The predicted molar refractivity (Wildman–Crippen MR) is 114 cm³/mol. The van der Waals surface area contributed by atoms with Gasteiger partial charge in [-0.15, -0.1) is 0 Å². The number of nitrogens with zero attached hydrogens (tertiary/aromatic N) is 3. The van der Waals surface area contributed by atoms with Crippen LogP contribution in [0.3, 0.4) is 0 Å². The molecule has 3 heterocycles. The summed E-state index contributed by atoms with van der Waals surface area (Å²) in [5.74, 6) is -2.17. The number of benzene rings is 1. The maximum absolute atomic E-state index is 13.1. The van der Waals surface area contributed by atoms with Crippen molar-refractivity contribution in [3.63, 3.8) is 0 Å². The molecule has 2 aliphatic rings. The SMILES string of the molecule is CC(=O)N1CCCC(Cc2c(O)c(O)c3n(c2=O)CCN(Cc2ccc(F)cc2)C3=O)C1. The van der Waals surface area contributed by atoms with E-state index in [4.69, 9.17) is 0 Å². The summed E-state index contributed by atoms with van der Waals surface area (Å²) in [7, 11) is 0. The zero-order valence-corrected chi connectivity index (χ0v) is 17.9. The van der Waals surface area contributed by atoms with Crippen molar-refractivity contribution in [2.24, 2.45) is 5.92 Å². The Balaban J connectivity index is 1.60. The molecule has 0 radical (unpaired) electrons. The second-order valence-corrected chi connectivity index (χ2v) is 8.51. The molecule has 1 saturated heterocycles. The Kier molecular flexibility index (Phi) is 5.90. The van der Waals surface area contributed by atoms with Crippen LogP contribution in [0, 0.1) is 11.7 Å². The summed E-state index contributed by atoms with van der Waals surface area (Å²) in [4.78, 5) is 41.0. The molecule has 2 N–H and O–H groups in total. The maximum Gasteiger partial charge on any atom is 0.274 e. The van der Waals surface area contributed by atoms with Crippen molar-refractivity contribution in [2.45, 2.75) is 39.3 Å². The summed E-state index contributed by atoms with van der Waals surface area (Å²) in [6.45, 7) is 3.27. The van der Waals surface area contributed by atoms with Crippen LogP contribution in [0.2, 0.25) is 0 Å². The second kappa shape index (κ2) is 8.64. The van der Waals surface area contributed by atoms with E-state index in [1.165, 1.54) is 28.5 Å².